The second-order valence-electron chi connectivity index (χ2n) is 7.56. The zero-order valence-electron chi connectivity index (χ0n) is 18.3. The lowest BCUT2D eigenvalue weighted by atomic mass is 9.82. The number of alkyl halides is 3. The van der Waals surface area contributed by atoms with Crippen LogP contribution in [0.2, 0.25) is 0 Å². The van der Waals surface area contributed by atoms with Crippen molar-refractivity contribution in [2.24, 2.45) is 0 Å². The Bertz CT molecular complexity index is 1020. The molecular formula is C26H25F3O4. The van der Waals surface area contributed by atoms with E-state index in [4.69, 9.17) is 14.2 Å². The Kier molecular flexibility index (Phi) is 7.63. The van der Waals surface area contributed by atoms with E-state index in [-0.39, 0.29) is 24.5 Å². The highest BCUT2D eigenvalue weighted by atomic mass is 19.4. The Morgan fingerprint density at radius 1 is 0.848 bits per heavy atom. The van der Waals surface area contributed by atoms with E-state index in [9.17, 15) is 18.0 Å². The predicted octanol–water partition coefficient (Wildman–Crippen LogP) is 6.31. The molecular weight excluding hydrogens is 433 g/mol. The average Bonchev–Trinajstić information content (AvgIpc) is 2.79. The van der Waals surface area contributed by atoms with Crippen LogP contribution >= 0.6 is 0 Å². The third-order valence-corrected chi connectivity index (χ3v) is 5.09. The van der Waals surface area contributed by atoms with Gasteiger partial charge in [0.15, 0.2) is 0 Å². The molecule has 0 aliphatic rings. The fourth-order valence-corrected chi connectivity index (χ4v) is 3.54. The van der Waals surface area contributed by atoms with Crippen LogP contribution in [0.1, 0.15) is 30.9 Å². The number of carbonyl (C=O) groups is 1. The van der Waals surface area contributed by atoms with Gasteiger partial charge in [-0.05, 0) is 49.2 Å². The van der Waals surface area contributed by atoms with Crippen LogP contribution in [0.25, 0.3) is 0 Å². The first-order valence-electron chi connectivity index (χ1n) is 10.5. The molecule has 0 radical (unpaired) electrons. The molecule has 33 heavy (non-hydrogen) atoms. The third kappa shape index (κ3) is 6.06. The predicted molar refractivity (Wildman–Crippen MR) is 118 cm³/mol. The van der Waals surface area contributed by atoms with Crippen molar-refractivity contribution in [3.63, 3.8) is 0 Å². The molecule has 2 atom stereocenters. The van der Waals surface area contributed by atoms with Crippen molar-refractivity contribution >= 4 is 5.97 Å². The SMILES string of the molecule is CCOC(=O)C(C)(Oc1ccccc1)C(c1ccc(OCc2ccccc2)cc1)C(F)(F)F. The molecule has 174 valence electrons. The monoisotopic (exact) mass is 458 g/mol. The molecule has 0 saturated heterocycles. The van der Waals surface area contributed by atoms with Crippen LogP contribution in [0.3, 0.4) is 0 Å². The number of benzene rings is 3. The van der Waals surface area contributed by atoms with Gasteiger partial charge in [-0.15, -0.1) is 0 Å². The van der Waals surface area contributed by atoms with Gasteiger partial charge in [-0.25, -0.2) is 4.79 Å². The quantitative estimate of drug-likeness (QED) is 0.353. The molecule has 0 amide bonds. The molecule has 0 heterocycles. The lowest BCUT2D eigenvalue weighted by Gasteiger charge is -2.37. The molecule has 0 aromatic heterocycles. The van der Waals surface area contributed by atoms with Crippen molar-refractivity contribution in [3.8, 4) is 11.5 Å². The minimum atomic E-state index is -4.79. The number of rotatable bonds is 9. The number of hydrogen-bond acceptors (Lipinski definition) is 4. The molecule has 0 bridgehead atoms. The summed E-state index contributed by atoms with van der Waals surface area (Å²) in [7, 11) is 0. The van der Waals surface area contributed by atoms with E-state index in [2.05, 4.69) is 0 Å². The van der Waals surface area contributed by atoms with Gasteiger partial charge < -0.3 is 14.2 Å². The molecule has 3 rings (SSSR count). The van der Waals surface area contributed by atoms with Crippen molar-refractivity contribution in [1.82, 2.24) is 0 Å². The van der Waals surface area contributed by atoms with Crippen LogP contribution in [0.5, 0.6) is 11.5 Å². The molecule has 0 fully saturated rings. The Labute approximate surface area is 190 Å². The molecule has 3 aromatic rings. The maximum Gasteiger partial charge on any atom is 0.400 e. The van der Waals surface area contributed by atoms with E-state index in [0.717, 1.165) is 12.5 Å². The van der Waals surface area contributed by atoms with Crippen LogP contribution < -0.4 is 9.47 Å². The van der Waals surface area contributed by atoms with E-state index in [0.29, 0.717) is 5.75 Å². The van der Waals surface area contributed by atoms with Gasteiger partial charge in [0, 0.05) is 0 Å². The first-order chi connectivity index (χ1) is 15.7. The van der Waals surface area contributed by atoms with Gasteiger partial charge in [0.1, 0.15) is 24.0 Å². The van der Waals surface area contributed by atoms with Crippen molar-refractivity contribution in [2.45, 2.75) is 38.1 Å². The maximum atomic E-state index is 14.4. The first kappa shape index (κ1) is 24.2. The van der Waals surface area contributed by atoms with E-state index in [1.54, 1.807) is 18.2 Å². The molecule has 4 nitrogen and oxygen atoms in total. The van der Waals surface area contributed by atoms with Gasteiger partial charge in [0.05, 0.1) is 6.61 Å². The Morgan fingerprint density at radius 3 is 1.97 bits per heavy atom. The highest BCUT2D eigenvalue weighted by molar-refractivity contribution is 5.81. The topological polar surface area (TPSA) is 44.8 Å². The molecule has 0 saturated carbocycles. The van der Waals surface area contributed by atoms with Crippen LogP contribution in [0.15, 0.2) is 84.9 Å². The number of carbonyl (C=O) groups excluding carboxylic acids is 1. The first-order valence-corrected chi connectivity index (χ1v) is 10.5. The number of ether oxygens (including phenoxy) is 3. The molecule has 0 aliphatic carbocycles. The summed E-state index contributed by atoms with van der Waals surface area (Å²) in [6.07, 6.45) is -4.79. The third-order valence-electron chi connectivity index (χ3n) is 5.09. The summed E-state index contributed by atoms with van der Waals surface area (Å²) in [5.74, 6) is -2.83. The largest absolute Gasteiger partial charge is 0.489 e. The average molecular weight is 458 g/mol. The highest BCUT2D eigenvalue weighted by Crippen LogP contribution is 2.45. The van der Waals surface area contributed by atoms with Gasteiger partial charge in [-0.1, -0.05) is 60.7 Å². The molecule has 0 aliphatic heterocycles. The van der Waals surface area contributed by atoms with Gasteiger partial charge in [0.25, 0.3) is 0 Å². The van der Waals surface area contributed by atoms with Crippen LogP contribution in [-0.2, 0) is 16.1 Å². The number of esters is 1. The lowest BCUT2D eigenvalue weighted by Crippen LogP contribution is -2.53. The lowest BCUT2D eigenvalue weighted by molar-refractivity contribution is -0.203. The molecule has 0 spiro atoms. The number of halogens is 3. The van der Waals surface area contributed by atoms with E-state index >= 15 is 0 Å². The summed E-state index contributed by atoms with van der Waals surface area (Å²) >= 11 is 0. The smallest absolute Gasteiger partial charge is 0.400 e. The summed E-state index contributed by atoms with van der Waals surface area (Å²) in [5, 5.41) is 0. The van der Waals surface area contributed by atoms with Gasteiger partial charge >= 0.3 is 12.1 Å². The summed E-state index contributed by atoms with van der Waals surface area (Å²) in [6.45, 7) is 2.84. The summed E-state index contributed by atoms with van der Waals surface area (Å²) in [5.41, 5.74) is -1.55. The summed E-state index contributed by atoms with van der Waals surface area (Å²) < 4.78 is 59.4. The highest BCUT2D eigenvalue weighted by Gasteiger charge is 2.59. The van der Waals surface area contributed by atoms with Gasteiger partial charge in [0.2, 0.25) is 5.60 Å². The van der Waals surface area contributed by atoms with Crippen molar-refractivity contribution in [2.75, 3.05) is 6.61 Å². The zero-order chi connectivity index (χ0) is 23.9. The van der Waals surface area contributed by atoms with Crippen molar-refractivity contribution in [3.05, 3.63) is 96.1 Å². The van der Waals surface area contributed by atoms with Gasteiger partial charge in [-0.2, -0.15) is 13.2 Å². The van der Waals surface area contributed by atoms with Crippen LogP contribution in [0, 0.1) is 0 Å². The minimum Gasteiger partial charge on any atom is -0.489 e. The Morgan fingerprint density at radius 2 is 1.42 bits per heavy atom. The van der Waals surface area contributed by atoms with Gasteiger partial charge in [-0.3, -0.25) is 0 Å². The standard InChI is InChI=1S/C26H25F3O4/c1-3-31-24(30)25(2,33-22-12-8-5-9-13-22)23(26(27,28)29)20-14-16-21(17-15-20)32-18-19-10-6-4-7-11-19/h4-17,23H,3,18H2,1-2H3. The molecule has 2 unspecified atom stereocenters. The fraction of sp³-hybridized carbons (Fsp3) is 0.269. The number of hydrogen-bond donors (Lipinski definition) is 0. The summed E-state index contributed by atoms with van der Waals surface area (Å²) in [4.78, 5) is 12.8. The van der Waals surface area contributed by atoms with Crippen molar-refractivity contribution < 1.29 is 32.2 Å². The number of para-hydroxylation sites is 1. The van der Waals surface area contributed by atoms with Crippen LogP contribution in [-0.4, -0.2) is 24.4 Å². The summed E-state index contributed by atoms with van der Waals surface area (Å²) in [6, 6.07) is 22.8. The van der Waals surface area contributed by atoms with E-state index < -0.39 is 23.7 Å². The van der Waals surface area contributed by atoms with Crippen molar-refractivity contribution in [1.29, 1.82) is 0 Å². The second kappa shape index (κ2) is 10.4. The van der Waals surface area contributed by atoms with Crippen LogP contribution in [0.4, 0.5) is 13.2 Å². The molecule has 3 aromatic carbocycles. The zero-order valence-corrected chi connectivity index (χ0v) is 18.3. The maximum absolute atomic E-state index is 14.4. The Hall–Kier alpha value is -3.48. The normalized spacial score (nSPS) is 14.1. The molecule has 0 N–H and O–H groups in total. The molecule has 7 heteroatoms. The Balaban J connectivity index is 1.92. The fourth-order valence-electron chi connectivity index (χ4n) is 3.54. The van der Waals surface area contributed by atoms with E-state index in [1.807, 2.05) is 30.3 Å². The second-order valence-corrected chi connectivity index (χ2v) is 7.56. The minimum absolute atomic E-state index is 0.0799. The van der Waals surface area contributed by atoms with E-state index in [1.165, 1.54) is 43.3 Å².